The molecule has 1 N–H and O–H groups in total. The lowest BCUT2D eigenvalue weighted by Crippen LogP contribution is -2.28. The predicted molar refractivity (Wildman–Crippen MR) is 42.4 cm³/mol. The van der Waals surface area contributed by atoms with Crippen LogP contribution in [0.3, 0.4) is 0 Å². The summed E-state index contributed by atoms with van der Waals surface area (Å²) in [7, 11) is 0. The van der Waals surface area contributed by atoms with E-state index in [2.05, 4.69) is 6.92 Å². The lowest BCUT2D eigenvalue weighted by atomic mass is 10.1. The van der Waals surface area contributed by atoms with Gasteiger partial charge in [-0.1, -0.05) is 13.3 Å². The van der Waals surface area contributed by atoms with Crippen LogP contribution >= 0.6 is 0 Å². The van der Waals surface area contributed by atoms with Crippen LogP contribution in [0.2, 0.25) is 0 Å². The van der Waals surface area contributed by atoms with E-state index in [1.807, 2.05) is 12.1 Å². The molecule has 1 rings (SSSR count). The van der Waals surface area contributed by atoms with E-state index >= 15 is 0 Å². The number of rotatable bonds is 3. The van der Waals surface area contributed by atoms with E-state index in [4.69, 9.17) is 5.21 Å². The van der Waals surface area contributed by atoms with Crippen LogP contribution in [0.15, 0.2) is 24.5 Å². The van der Waals surface area contributed by atoms with Gasteiger partial charge >= 0.3 is 0 Å². The monoisotopic (exact) mass is 152 g/mol. The first-order chi connectivity index (χ1) is 5.33. The molecular formula is C9H14NO+. The van der Waals surface area contributed by atoms with Crippen LogP contribution in [-0.2, 0) is 6.42 Å². The molecule has 2 heteroatoms. The van der Waals surface area contributed by atoms with Gasteiger partial charge in [-0.05, 0) is 18.9 Å². The second kappa shape index (κ2) is 3.96. The Bertz CT molecular complexity index is 223. The highest BCUT2D eigenvalue weighted by Crippen LogP contribution is 2.00. The molecule has 0 amide bonds. The summed E-state index contributed by atoms with van der Waals surface area (Å²) in [5.41, 5.74) is 1.19. The van der Waals surface area contributed by atoms with Crippen molar-refractivity contribution in [3.05, 3.63) is 30.1 Å². The molecule has 0 saturated carbocycles. The second-order valence-electron chi connectivity index (χ2n) is 2.70. The molecule has 2 nitrogen and oxygen atoms in total. The highest BCUT2D eigenvalue weighted by atomic mass is 16.5. The number of aromatic nitrogens is 1. The molecule has 0 fully saturated rings. The first-order valence-corrected chi connectivity index (χ1v) is 4.02. The third-order valence-corrected chi connectivity index (χ3v) is 1.67. The van der Waals surface area contributed by atoms with E-state index in [9.17, 15) is 0 Å². The normalized spacial score (nSPS) is 9.91. The minimum atomic E-state index is 1.05. The summed E-state index contributed by atoms with van der Waals surface area (Å²) in [6.07, 6.45) is 6.80. The minimum Gasteiger partial charge on any atom is -0.285 e. The van der Waals surface area contributed by atoms with Crippen LogP contribution in [0.1, 0.15) is 25.3 Å². The summed E-state index contributed by atoms with van der Waals surface area (Å²) in [6.45, 7) is 2.16. The highest BCUT2D eigenvalue weighted by Gasteiger charge is 1.98. The van der Waals surface area contributed by atoms with Crippen molar-refractivity contribution in [3.8, 4) is 0 Å². The molecule has 0 aromatic carbocycles. The predicted octanol–water partition coefficient (Wildman–Crippen LogP) is 1.55. The summed E-state index contributed by atoms with van der Waals surface area (Å²) < 4.78 is 1.10. The lowest BCUT2D eigenvalue weighted by molar-refractivity contribution is -0.905. The van der Waals surface area contributed by atoms with E-state index in [-0.39, 0.29) is 0 Å². The number of aryl methyl sites for hydroxylation is 1. The maximum Gasteiger partial charge on any atom is 0.225 e. The fraction of sp³-hybridized carbons (Fsp3) is 0.444. The number of pyridine rings is 1. The Balaban J connectivity index is 2.56. The van der Waals surface area contributed by atoms with Gasteiger partial charge in [-0.3, -0.25) is 5.21 Å². The fourth-order valence-electron chi connectivity index (χ4n) is 1.04. The molecule has 1 aromatic rings. The Morgan fingerprint density at radius 2 is 2.36 bits per heavy atom. The summed E-state index contributed by atoms with van der Waals surface area (Å²) in [6, 6.07) is 3.88. The van der Waals surface area contributed by atoms with Gasteiger partial charge in [0.1, 0.15) is 0 Å². The van der Waals surface area contributed by atoms with E-state index in [0.29, 0.717) is 0 Å². The van der Waals surface area contributed by atoms with Gasteiger partial charge in [-0.25, -0.2) is 0 Å². The van der Waals surface area contributed by atoms with Crippen molar-refractivity contribution in [1.82, 2.24) is 0 Å². The molecule has 0 aliphatic rings. The molecule has 1 heterocycles. The van der Waals surface area contributed by atoms with Gasteiger partial charge in [-0.2, -0.15) is 0 Å². The van der Waals surface area contributed by atoms with Crippen molar-refractivity contribution in [2.24, 2.45) is 0 Å². The Kier molecular flexibility index (Phi) is 2.90. The fourth-order valence-corrected chi connectivity index (χ4v) is 1.04. The molecule has 0 radical (unpaired) electrons. The minimum absolute atomic E-state index is 1.05. The molecule has 0 aliphatic carbocycles. The number of unbranched alkanes of at least 4 members (excludes halogenated alkanes) is 1. The van der Waals surface area contributed by atoms with Crippen LogP contribution in [0.25, 0.3) is 0 Å². The van der Waals surface area contributed by atoms with Crippen molar-refractivity contribution in [3.63, 3.8) is 0 Å². The smallest absolute Gasteiger partial charge is 0.225 e. The van der Waals surface area contributed by atoms with Crippen LogP contribution < -0.4 is 4.73 Å². The highest BCUT2D eigenvalue weighted by molar-refractivity contribution is 5.04. The van der Waals surface area contributed by atoms with Crippen molar-refractivity contribution in [1.29, 1.82) is 0 Å². The molecule has 1 aromatic heterocycles. The zero-order chi connectivity index (χ0) is 8.10. The van der Waals surface area contributed by atoms with Crippen molar-refractivity contribution < 1.29 is 9.94 Å². The molecule has 0 unspecified atom stereocenters. The second-order valence-corrected chi connectivity index (χ2v) is 2.70. The van der Waals surface area contributed by atoms with Crippen LogP contribution in [0.4, 0.5) is 0 Å². The van der Waals surface area contributed by atoms with Gasteiger partial charge in [0.15, 0.2) is 0 Å². The Morgan fingerprint density at radius 3 is 3.00 bits per heavy atom. The summed E-state index contributed by atoms with van der Waals surface area (Å²) in [5, 5.41) is 9.03. The maximum atomic E-state index is 9.03. The van der Waals surface area contributed by atoms with Crippen molar-refractivity contribution in [2.75, 3.05) is 0 Å². The third kappa shape index (κ3) is 2.58. The van der Waals surface area contributed by atoms with E-state index in [1.165, 1.54) is 18.4 Å². The van der Waals surface area contributed by atoms with Gasteiger partial charge in [0.2, 0.25) is 12.4 Å². The molecule has 0 aliphatic heterocycles. The Labute approximate surface area is 67.1 Å². The Morgan fingerprint density at radius 1 is 1.55 bits per heavy atom. The largest absolute Gasteiger partial charge is 0.285 e. The van der Waals surface area contributed by atoms with Gasteiger partial charge in [0, 0.05) is 16.4 Å². The first kappa shape index (κ1) is 8.05. The Hall–Kier alpha value is -1.05. The zero-order valence-corrected chi connectivity index (χ0v) is 6.83. The summed E-state index contributed by atoms with van der Waals surface area (Å²) in [4.78, 5) is 0. The van der Waals surface area contributed by atoms with Gasteiger partial charge in [-0.15, -0.1) is 0 Å². The molecule has 11 heavy (non-hydrogen) atoms. The van der Waals surface area contributed by atoms with Crippen molar-refractivity contribution in [2.45, 2.75) is 26.2 Å². The lowest BCUT2D eigenvalue weighted by Gasteiger charge is -1.94. The van der Waals surface area contributed by atoms with E-state index < -0.39 is 0 Å². The summed E-state index contributed by atoms with van der Waals surface area (Å²) >= 11 is 0. The van der Waals surface area contributed by atoms with Crippen LogP contribution in [-0.4, -0.2) is 5.21 Å². The average molecular weight is 152 g/mol. The number of hydrogen-bond acceptors (Lipinski definition) is 1. The SMILES string of the molecule is CCCCc1ccc[n+](O)c1. The van der Waals surface area contributed by atoms with Crippen LogP contribution in [0.5, 0.6) is 0 Å². The number of hydrogen-bond donors (Lipinski definition) is 1. The first-order valence-electron chi connectivity index (χ1n) is 4.02. The maximum absolute atomic E-state index is 9.03. The van der Waals surface area contributed by atoms with E-state index in [1.54, 1.807) is 12.4 Å². The average Bonchev–Trinajstić information content (AvgIpc) is 2.01. The summed E-state index contributed by atoms with van der Waals surface area (Å²) in [5.74, 6) is 0. The van der Waals surface area contributed by atoms with E-state index in [0.717, 1.165) is 11.2 Å². The van der Waals surface area contributed by atoms with Crippen molar-refractivity contribution >= 4 is 0 Å². The van der Waals surface area contributed by atoms with Gasteiger partial charge in [0.25, 0.3) is 0 Å². The third-order valence-electron chi connectivity index (χ3n) is 1.67. The zero-order valence-electron chi connectivity index (χ0n) is 6.83. The molecule has 0 saturated heterocycles. The molecule has 0 spiro atoms. The number of nitrogens with zero attached hydrogens (tertiary/aromatic N) is 1. The molecular weight excluding hydrogens is 138 g/mol. The standard InChI is InChI=1S/C9H14NO/c1-2-3-5-9-6-4-7-10(11)8-9/h4,6-8,11H,2-3,5H2,1H3/q+1. The molecule has 0 atom stereocenters. The topological polar surface area (TPSA) is 24.1 Å². The quantitative estimate of drug-likeness (QED) is 0.515. The molecule has 60 valence electrons. The van der Waals surface area contributed by atoms with Crippen LogP contribution in [0, 0.1) is 0 Å². The molecule has 0 bridgehead atoms. The van der Waals surface area contributed by atoms with Gasteiger partial charge in [0.05, 0.1) is 0 Å². The van der Waals surface area contributed by atoms with Gasteiger partial charge < -0.3 is 0 Å².